The van der Waals surface area contributed by atoms with Gasteiger partial charge < -0.3 is 18.9 Å². The minimum Gasteiger partial charge on any atom is -0.435 e. The van der Waals surface area contributed by atoms with E-state index in [1.165, 1.54) is 0 Å². The van der Waals surface area contributed by atoms with E-state index in [0.29, 0.717) is 9.80 Å². The SMILES string of the molecule is CC(=O)O[C@@H]1[C@@H](OC(C)=O)N(C=O)[C@@H](OC(C)=O)[C@@H](OC(C)=O)N1C=O. The highest BCUT2D eigenvalue weighted by Crippen LogP contribution is 2.29. The molecule has 144 valence electrons. The minimum absolute atomic E-state index is 0.135. The summed E-state index contributed by atoms with van der Waals surface area (Å²) in [5.41, 5.74) is 0. The minimum atomic E-state index is -1.64. The van der Waals surface area contributed by atoms with E-state index in [4.69, 9.17) is 18.9 Å². The Morgan fingerprint density at radius 1 is 0.577 bits per heavy atom. The van der Waals surface area contributed by atoms with Gasteiger partial charge in [-0.2, -0.15) is 0 Å². The van der Waals surface area contributed by atoms with E-state index in [1.54, 1.807) is 0 Å². The van der Waals surface area contributed by atoms with Gasteiger partial charge in [0.05, 0.1) is 0 Å². The molecule has 12 heteroatoms. The molecule has 0 unspecified atom stereocenters. The van der Waals surface area contributed by atoms with Gasteiger partial charge >= 0.3 is 23.9 Å². The average Bonchev–Trinajstić information content (AvgIpc) is 2.49. The van der Waals surface area contributed by atoms with Crippen LogP contribution in [0.25, 0.3) is 0 Å². The third-order valence-electron chi connectivity index (χ3n) is 3.05. The number of esters is 4. The lowest BCUT2D eigenvalue weighted by molar-refractivity contribution is -0.289. The van der Waals surface area contributed by atoms with Crippen molar-refractivity contribution in [2.45, 2.75) is 52.6 Å². The third-order valence-corrected chi connectivity index (χ3v) is 3.05. The molecule has 0 radical (unpaired) electrons. The summed E-state index contributed by atoms with van der Waals surface area (Å²) in [5.74, 6) is -3.51. The molecule has 26 heavy (non-hydrogen) atoms. The van der Waals surface area contributed by atoms with Gasteiger partial charge in [-0.25, -0.2) is 0 Å². The first-order valence-electron chi connectivity index (χ1n) is 7.26. The fraction of sp³-hybridized carbons (Fsp3) is 0.571. The zero-order valence-electron chi connectivity index (χ0n) is 14.4. The molecule has 12 nitrogen and oxygen atoms in total. The van der Waals surface area contributed by atoms with E-state index in [0.717, 1.165) is 27.7 Å². The van der Waals surface area contributed by atoms with Crippen LogP contribution in [0.1, 0.15) is 27.7 Å². The van der Waals surface area contributed by atoms with Crippen LogP contribution >= 0.6 is 0 Å². The van der Waals surface area contributed by atoms with Crippen LogP contribution in [0.5, 0.6) is 0 Å². The largest absolute Gasteiger partial charge is 0.435 e. The van der Waals surface area contributed by atoms with Gasteiger partial charge in [0.1, 0.15) is 0 Å². The lowest BCUT2D eigenvalue weighted by atomic mass is 10.2. The molecule has 0 aromatic heterocycles. The smallest absolute Gasteiger partial charge is 0.304 e. The molecule has 0 saturated carbocycles. The number of piperazine rings is 1. The van der Waals surface area contributed by atoms with Crippen LogP contribution in [0.15, 0.2) is 0 Å². The van der Waals surface area contributed by atoms with Crippen molar-refractivity contribution < 1.29 is 47.7 Å². The molecular weight excluding hydrogens is 356 g/mol. The summed E-state index contributed by atoms with van der Waals surface area (Å²) in [6, 6.07) is 0. The van der Waals surface area contributed by atoms with E-state index in [1.807, 2.05) is 0 Å². The number of rotatable bonds is 6. The average molecular weight is 374 g/mol. The number of hydrogen-bond donors (Lipinski definition) is 0. The Hall–Kier alpha value is -3.18. The van der Waals surface area contributed by atoms with Crippen molar-refractivity contribution in [1.29, 1.82) is 0 Å². The maximum absolute atomic E-state index is 11.6. The molecule has 1 saturated heterocycles. The van der Waals surface area contributed by atoms with Gasteiger partial charge in [0.15, 0.2) is 0 Å². The summed E-state index contributed by atoms with van der Waals surface area (Å²) in [7, 11) is 0. The quantitative estimate of drug-likeness (QED) is 0.305. The molecule has 1 aliphatic rings. The Balaban J connectivity index is 3.47. The predicted molar refractivity (Wildman–Crippen MR) is 78.0 cm³/mol. The molecule has 0 aliphatic carbocycles. The molecule has 1 rings (SSSR count). The molecule has 2 amide bonds. The topological polar surface area (TPSA) is 146 Å². The van der Waals surface area contributed by atoms with Crippen LogP contribution in [0, 0.1) is 0 Å². The number of carbonyl (C=O) groups is 6. The first kappa shape index (κ1) is 20.9. The van der Waals surface area contributed by atoms with Gasteiger partial charge in [0.25, 0.3) is 0 Å². The number of nitrogens with zero attached hydrogens (tertiary/aromatic N) is 2. The first-order valence-corrected chi connectivity index (χ1v) is 7.26. The molecule has 0 bridgehead atoms. The third kappa shape index (κ3) is 4.91. The highest BCUT2D eigenvalue weighted by Gasteiger charge is 2.54. The molecule has 0 aromatic rings. The summed E-state index contributed by atoms with van der Waals surface area (Å²) < 4.78 is 19.8. The Morgan fingerprint density at radius 3 is 0.885 bits per heavy atom. The van der Waals surface area contributed by atoms with Crippen molar-refractivity contribution in [2.75, 3.05) is 0 Å². The monoisotopic (exact) mass is 374 g/mol. The van der Waals surface area contributed by atoms with Crippen LogP contribution in [0.3, 0.4) is 0 Å². The van der Waals surface area contributed by atoms with Gasteiger partial charge in [-0.3, -0.25) is 38.6 Å². The first-order chi connectivity index (χ1) is 12.1. The van der Waals surface area contributed by atoms with E-state index in [9.17, 15) is 28.8 Å². The van der Waals surface area contributed by atoms with E-state index in [-0.39, 0.29) is 12.8 Å². The number of ether oxygens (including phenoxy) is 4. The molecule has 0 N–H and O–H groups in total. The van der Waals surface area contributed by atoms with Crippen molar-refractivity contribution in [3.05, 3.63) is 0 Å². The van der Waals surface area contributed by atoms with E-state index >= 15 is 0 Å². The van der Waals surface area contributed by atoms with Crippen molar-refractivity contribution >= 4 is 36.7 Å². The van der Waals surface area contributed by atoms with Gasteiger partial charge in [0, 0.05) is 27.7 Å². The zero-order chi connectivity index (χ0) is 20.0. The number of carbonyl (C=O) groups excluding carboxylic acids is 6. The molecule has 0 aromatic carbocycles. The maximum atomic E-state index is 11.6. The standard InChI is InChI=1S/C14H18N2O10/c1-7(19)23-11-12(24-8(2)20)16(6-18)14(26-10(4)22)13(15(11)5-17)25-9(3)21/h5-6,11-14H,1-4H3/t11-,12-,13-,14+/m1/s1. The second-order valence-corrected chi connectivity index (χ2v) is 5.11. The lowest BCUT2D eigenvalue weighted by Crippen LogP contribution is -2.71. The van der Waals surface area contributed by atoms with E-state index < -0.39 is 48.8 Å². The number of amides is 2. The Morgan fingerprint density at radius 2 is 0.769 bits per heavy atom. The van der Waals surface area contributed by atoms with Crippen molar-refractivity contribution in [3.8, 4) is 0 Å². The maximum Gasteiger partial charge on any atom is 0.304 e. The van der Waals surface area contributed by atoms with Crippen LogP contribution < -0.4 is 0 Å². The molecule has 1 aliphatic heterocycles. The van der Waals surface area contributed by atoms with Crippen molar-refractivity contribution in [2.24, 2.45) is 0 Å². The fourth-order valence-corrected chi connectivity index (χ4v) is 2.27. The summed E-state index contributed by atoms with van der Waals surface area (Å²) in [4.78, 5) is 70.0. The van der Waals surface area contributed by atoms with Crippen LogP contribution in [-0.2, 0) is 47.7 Å². The number of hydrogen-bond acceptors (Lipinski definition) is 10. The molecule has 1 fully saturated rings. The second kappa shape index (κ2) is 8.78. The zero-order valence-corrected chi connectivity index (χ0v) is 14.4. The van der Waals surface area contributed by atoms with Crippen LogP contribution in [0.2, 0.25) is 0 Å². The summed E-state index contributed by atoms with van der Waals surface area (Å²) >= 11 is 0. The molecule has 0 spiro atoms. The van der Waals surface area contributed by atoms with Crippen molar-refractivity contribution in [1.82, 2.24) is 9.80 Å². The van der Waals surface area contributed by atoms with Crippen LogP contribution in [-0.4, -0.2) is 71.4 Å². The van der Waals surface area contributed by atoms with E-state index in [2.05, 4.69) is 0 Å². The van der Waals surface area contributed by atoms with Crippen LogP contribution in [0.4, 0.5) is 0 Å². The molecular formula is C14H18N2O10. The van der Waals surface area contributed by atoms with Gasteiger partial charge in [-0.05, 0) is 0 Å². The Bertz CT molecular complexity index is 511. The Kier molecular flexibility index (Phi) is 7.05. The van der Waals surface area contributed by atoms with Gasteiger partial charge in [-0.1, -0.05) is 0 Å². The lowest BCUT2D eigenvalue weighted by Gasteiger charge is -2.49. The molecule has 1 heterocycles. The van der Waals surface area contributed by atoms with Gasteiger partial charge in [0.2, 0.25) is 37.7 Å². The second-order valence-electron chi connectivity index (χ2n) is 5.11. The Labute approximate surface area is 147 Å². The summed E-state index contributed by atoms with van der Waals surface area (Å²) in [5, 5.41) is 0. The summed E-state index contributed by atoms with van der Waals surface area (Å²) in [6.45, 7) is 4.05. The highest BCUT2D eigenvalue weighted by atomic mass is 16.6. The van der Waals surface area contributed by atoms with Crippen molar-refractivity contribution in [3.63, 3.8) is 0 Å². The summed E-state index contributed by atoms with van der Waals surface area (Å²) in [6.07, 6.45) is -6.30. The predicted octanol–water partition coefficient (Wildman–Crippen LogP) is -1.53. The molecule has 4 atom stereocenters. The normalized spacial score (nSPS) is 24.9. The fourth-order valence-electron chi connectivity index (χ4n) is 2.27. The van der Waals surface area contributed by atoms with Gasteiger partial charge in [-0.15, -0.1) is 0 Å². The highest BCUT2D eigenvalue weighted by molar-refractivity contribution is 5.70.